The Morgan fingerprint density at radius 3 is 2.63 bits per heavy atom. The third kappa shape index (κ3) is 3.02. The maximum atomic E-state index is 11.8. The van der Waals surface area contributed by atoms with E-state index < -0.39 is 5.97 Å². The second-order valence-electron chi connectivity index (χ2n) is 4.01. The molecule has 0 spiro atoms. The van der Waals surface area contributed by atoms with Crippen molar-refractivity contribution in [2.75, 3.05) is 13.7 Å². The Bertz CT molecular complexity index is 503. The average molecular weight is 262 g/mol. The molecule has 4 heteroatoms. The maximum Gasteiger partial charge on any atom is 0.342 e. The summed E-state index contributed by atoms with van der Waals surface area (Å²) in [5.41, 5.74) is 2.25. The molecular formula is C15H18O4. The molecule has 0 aliphatic heterocycles. The fourth-order valence-corrected chi connectivity index (χ4v) is 1.92. The largest absolute Gasteiger partial charge is 0.489 e. The third-order valence-corrected chi connectivity index (χ3v) is 2.95. The maximum absolute atomic E-state index is 11.8. The van der Waals surface area contributed by atoms with Crippen molar-refractivity contribution in [1.29, 1.82) is 0 Å². The third-order valence-electron chi connectivity index (χ3n) is 2.95. The van der Waals surface area contributed by atoms with E-state index >= 15 is 0 Å². The van der Waals surface area contributed by atoms with Gasteiger partial charge >= 0.3 is 5.97 Å². The van der Waals surface area contributed by atoms with E-state index in [9.17, 15) is 9.59 Å². The van der Waals surface area contributed by atoms with E-state index in [1.807, 2.05) is 13.8 Å². The summed E-state index contributed by atoms with van der Waals surface area (Å²) < 4.78 is 10.2. The van der Waals surface area contributed by atoms with E-state index in [0.29, 0.717) is 17.6 Å². The molecule has 1 aromatic rings. The molecule has 0 heterocycles. The van der Waals surface area contributed by atoms with Crippen LogP contribution >= 0.6 is 0 Å². The summed E-state index contributed by atoms with van der Waals surface area (Å²) in [5, 5.41) is 0. The Kier molecular flexibility index (Phi) is 5.30. The Hall–Kier alpha value is -2.10. The van der Waals surface area contributed by atoms with Crippen molar-refractivity contribution >= 4 is 12.3 Å². The number of aryl methyl sites for hydroxylation is 1. The van der Waals surface area contributed by atoms with Crippen LogP contribution in [0.1, 0.15) is 38.8 Å². The van der Waals surface area contributed by atoms with Crippen molar-refractivity contribution in [3.8, 4) is 5.75 Å². The predicted molar refractivity (Wildman–Crippen MR) is 73.0 cm³/mol. The summed E-state index contributed by atoms with van der Waals surface area (Å²) in [5.74, 6) is -0.219. The first kappa shape index (κ1) is 15.0. The molecule has 0 unspecified atom stereocenters. The van der Waals surface area contributed by atoms with Gasteiger partial charge in [-0.1, -0.05) is 19.6 Å². The molecule has 19 heavy (non-hydrogen) atoms. The fourth-order valence-electron chi connectivity index (χ4n) is 1.92. The summed E-state index contributed by atoms with van der Waals surface area (Å²) in [6.07, 6.45) is 2.99. The fraction of sp³-hybridized carbons (Fsp3) is 0.333. The predicted octanol–water partition coefficient (Wildman–Crippen LogP) is 2.72. The number of hydrogen-bond donors (Lipinski definition) is 0. The highest BCUT2D eigenvalue weighted by atomic mass is 16.5. The highest BCUT2D eigenvalue weighted by Crippen LogP contribution is 2.29. The lowest BCUT2D eigenvalue weighted by molar-refractivity contribution is 0.0594. The van der Waals surface area contributed by atoms with Gasteiger partial charge in [0.2, 0.25) is 0 Å². The Balaban J connectivity index is 3.52. The van der Waals surface area contributed by atoms with Crippen LogP contribution in [0.3, 0.4) is 0 Å². The number of aldehydes is 1. The second-order valence-corrected chi connectivity index (χ2v) is 4.01. The Labute approximate surface area is 113 Å². The zero-order valence-electron chi connectivity index (χ0n) is 11.5. The van der Waals surface area contributed by atoms with Gasteiger partial charge in [0.25, 0.3) is 0 Å². The molecule has 0 amide bonds. The number of methoxy groups -OCH3 is 1. The zero-order valence-corrected chi connectivity index (χ0v) is 11.5. The number of rotatable bonds is 6. The molecule has 1 rings (SSSR count). The number of hydrogen-bond acceptors (Lipinski definition) is 4. The lowest BCUT2D eigenvalue weighted by Crippen LogP contribution is -2.12. The summed E-state index contributed by atoms with van der Waals surface area (Å²) in [6, 6.07) is 1.78. The van der Waals surface area contributed by atoms with Crippen molar-refractivity contribution in [2.24, 2.45) is 0 Å². The minimum Gasteiger partial charge on any atom is -0.489 e. The Morgan fingerprint density at radius 2 is 2.16 bits per heavy atom. The first-order valence-corrected chi connectivity index (χ1v) is 6.04. The van der Waals surface area contributed by atoms with E-state index in [1.165, 1.54) is 7.11 Å². The van der Waals surface area contributed by atoms with Gasteiger partial charge in [-0.3, -0.25) is 4.79 Å². The van der Waals surface area contributed by atoms with Crippen molar-refractivity contribution in [1.82, 2.24) is 0 Å². The summed E-state index contributed by atoms with van der Waals surface area (Å²) in [6.45, 7) is 7.61. The lowest BCUT2D eigenvalue weighted by Gasteiger charge is -2.15. The standard InChI is InChI=1S/C15H18O4/c1-5-7-19-13-8-11(6-2)10(3)12(9-16)14(13)15(17)18-4/h5,8-9H,1,6-7H2,2-4H3. The highest BCUT2D eigenvalue weighted by Gasteiger charge is 2.22. The van der Waals surface area contributed by atoms with Crippen LogP contribution in [-0.4, -0.2) is 26.0 Å². The van der Waals surface area contributed by atoms with Crippen LogP contribution in [0.2, 0.25) is 0 Å². The van der Waals surface area contributed by atoms with Crippen LogP contribution in [-0.2, 0) is 11.2 Å². The van der Waals surface area contributed by atoms with Gasteiger partial charge in [0.1, 0.15) is 17.9 Å². The minimum atomic E-state index is -0.577. The van der Waals surface area contributed by atoms with Crippen LogP contribution in [0.4, 0.5) is 0 Å². The molecule has 0 saturated heterocycles. The quantitative estimate of drug-likeness (QED) is 0.449. The monoisotopic (exact) mass is 262 g/mol. The van der Waals surface area contributed by atoms with Crippen molar-refractivity contribution in [3.63, 3.8) is 0 Å². The molecule has 0 atom stereocenters. The molecule has 0 bridgehead atoms. The molecule has 102 valence electrons. The van der Waals surface area contributed by atoms with Gasteiger partial charge in [0, 0.05) is 5.56 Å². The molecule has 0 aliphatic carbocycles. The van der Waals surface area contributed by atoms with Crippen LogP contribution < -0.4 is 4.74 Å². The van der Waals surface area contributed by atoms with Gasteiger partial charge in [-0.25, -0.2) is 4.79 Å². The van der Waals surface area contributed by atoms with E-state index in [2.05, 4.69) is 6.58 Å². The minimum absolute atomic E-state index is 0.175. The van der Waals surface area contributed by atoms with Gasteiger partial charge in [0.05, 0.1) is 7.11 Å². The van der Waals surface area contributed by atoms with Crippen LogP contribution in [0.25, 0.3) is 0 Å². The first-order valence-electron chi connectivity index (χ1n) is 6.04. The lowest BCUT2D eigenvalue weighted by atomic mass is 9.95. The summed E-state index contributed by atoms with van der Waals surface area (Å²) in [4.78, 5) is 23.1. The Morgan fingerprint density at radius 1 is 1.47 bits per heavy atom. The average Bonchev–Trinajstić information content (AvgIpc) is 2.44. The van der Waals surface area contributed by atoms with E-state index in [4.69, 9.17) is 9.47 Å². The van der Waals surface area contributed by atoms with E-state index in [0.717, 1.165) is 17.5 Å². The highest BCUT2D eigenvalue weighted by molar-refractivity contribution is 6.02. The second kappa shape index (κ2) is 6.73. The molecule has 4 nitrogen and oxygen atoms in total. The molecule has 0 fully saturated rings. The number of ether oxygens (including phenoxy) is 2. The van der Waals surface area contributed by atoms with Gasteiger partial charge in [-0.15, -0.1) is 0 Å². The molecule has 0 saturated carbocycles. The molecule has 0 N–H and O–H groups in total. The smallest absolute Gasteiger partial charge is 0.342 e. The molecule has 1 aromatic carbocycles. The summed E-state index contributed by atoms with van der Waals surface area (Å²) in [7, 11) is 1.28. The van der Waals surface area contributed by atoms with Crippen molar-refractivity contribution in [2.45, 2.75) is 20.3 Å². The molecule has 0 radical (unpaired) electrons. The van der Waals surface area contributed by atoms with Crippen molar-refractivity contribution < 1.29 is 19.1 Å². The van der Waals surface area contributed by atoms with Gasteiger partial charge < -0.3 is 9.47 Å². The SMILES string of the molecule is C=CCOc1cc(CC)c(C)c(C=O)c1C(=O)OC. The van der Waals surface area contributed by atoms with Crippen LogP contribution in [0.5, 0.6) is 5.75 Å². The number of carbonyl (C=O) groups excluding carboxylic acids is 2. The number of carbonyl (C=O) groups is 2. The number of benzene rings is 1. The normalized spacial score (nSPS) is 9.84. The first-order chi connectivity index (χ1) is 9.10. The van der Waals surface area contributed by atoms with E-state index in [-0.39, 0.29) is 12.2 Å². The van der Waals surface area contributed by atoms with Crippen LogP contribution in [0.15, 0.2) is 18.7 Å². The topological polar surface area (TPSA) is 52.6 Å². The van der Waals surface area contributed by atoms with Gasteiger partial charge in [-0.05, 0) is 30.5 Å². The summed E-state index contributed by atoms with van der Waals surface area (Å²) >= 11 is 0. The van der Waals surface area contributed by atoms with Crippen molar-refractivity contribution in [3.05, 3.63) is 41.0 Å². The van der Waals surface area contributed by atoms with E-state index in [1.54, 1.807) is 12.1 Å². The van der Waals surface area contributed by atoms with Crippen LogP contribution in [0, 0.1) is 6.92 Å². The number of esters is 1. The zero-order chi connectivity index (χ0) is 14.4. The van der Waals surface area contributed by atoms with Gasteiger partial charge in [0.15, 0.2) is 6.29 Å². The molecular weight excluding hydrogens is 244 g/mol. The van der Waals surface area contributed by atoms with Gasteiger partial charge in [-0.2, -0.15) is 0 Å². The molecule has 0 aliphatic rings. The molecule has 0 aromatic heterocycles.